The lowest BCUT2D eigenvalue weighted by atomic mass is 9.96. The zero-order chi connectivity index (χ0) is 22.2. The molecule has 1 aliphatic rings. The number of rotatable bonds is 5. The van der Waals surface area contributed by atoms with Gasteiger partial charge in [-0.2, -0.15) is 0 Å². The van der Waals surface area contributed by atoms with Crippen molar-refractivity contribution in [3.8, 4) is 0 Å². The minimum Gasteiger partial charge on any atom is -0.330 e. The lowest BCUT2D eigenvalue weighted by Crippen LogP contribution is -2.60. The highest BCUT2D eigenvalue weighted by molar-refractivity contribution is 8.02. The normalized spacial score (nSPS) is 15.7. The Morgan fingerprint density at radius 2 is 1.90 bits per heavy atom. The lowest BCUT2D eigenvalue weighted by molar-refractivity contribution is -0.126. The number of aromatic nitrogens is 2. The summed E-state index contributed by atoms with van der Waals surface area (Å²) in [7, 11) is 0. The highest BCUT2D eigenvalue weighted by atomic mass is 32.2. The number of anilines is 4. The molecule has 1 aromatic heterocycles. The van der Waals surface area contributed by atoms with Crippen LogP contribution in [0.4, 0.5) is 26.6 Å². The van der Waals surface area contributed by atoms with Crippen molar-refractivity contribution in [2.75, 3.05) is 15.5 Å². The molecule has 160 valence electrons. The van der Waals surface area contributed by atoms with E-state index in [1.54, 1.807) is 43.9 Å². The summed E-state index contributed by atoms with van der Waals surface area (Å²) in [5.74, 6) is -0.749. The maximum absolute atomic E-state index is 13.4. The summed E-state index contributed by atoms with van der Waals surface area (Å²) >= 11 is 2.57. The van der Waals surface area contributed by atoms with Gasteiger partial charge in [0.05, 0.1) is 16.6 Å². The first-order valence-corrected chi connectivity index (χ1v) is 11.2. The summed E-state index contributed by atoms with van der Waals surface area (Å²) in [6, 6.07) is 13.2. The van der Waals surface area contributed by atoms with Crippen LogP contribution in [0.1, 0.15) is 20.8 Å². The molecule has 7 nitrogen and oxygen atoms in total. The Balaban J connectivity index is 1.50. The van der Waals surface area contributed by atoms with Crippen molar-refractivity contribution in [3.05, 3.63) is 54.3 Å². The number of nitrogens with zero attached hydrogens (tertiary/aromatic N) is 3. The van der Waals surface area contributed by atoms with Crippen molar-refractivity contribution >= 4 is 57.1 Å². The summed E-state index contributed by atoms with van der Waals surface area (Å²) in [6.45, 7) is 5.24. The highest BCUT2D eigenvalue weighted by Gasteiger charge is 2.44. The number of nitrogens with one attached hydrogen (secondary N) is 2. The molecular weight excluding hydrogens is 437 g/mol. The highest BCUT2D eigenvalue weighted by Crippen LogP contribution is 2.39. The molecule has 2 aromatic carbocycles. The van der Waals surface area contributed by atoms with E-state index in [1.165, 1.54) is 35.2 Å². The number of thioether (sulfide) groups is 1. The summed E-state index contributed by atoms with van der Waals surface area (Å²) in [5, 5.41) is 14.2. The van der Waals surface area contributed by atoms with Crippen LogP contribution in [-0.2, 0) is 9.59 Å². The number of carbonyl (C=O) groups is 2. The van der Waals surface area contributed by atoms with Gasteiger partial charge >= 0.3 is 0 Å². The Hall–Kier alpha value is -2.98. The maximum atomic E-state index is 13.4. The second-order valence-corrected chi connectivity index (χ2v) is 10.0. The predicted octanol–water partition coefficient (Wildman–Crippen LogP) is 4.67. The summed E-state index contributed by atoms with van der Waals surface area (Å²) in [6.07, 6.45) is 0. The molecule has 1 aliphatic heterocycles. The van der Waals surface area contributed by atoms with E-state index in [-0.39, 0.29) is 17.6 Å². The zero-order valence-electron chi connectivity index (χ0n) is 17.0. The minimum absolute atomic E-state index is 0.194. The Morgan fingerprint density at radius 3 is 2.65 bits per heavy atom. The summed E-state index contributed by atoms with van der Waals surface area (Å²) in [5.41, 5.74) is 0.937. The molecule has 31 heavy (non-hydrogen) atoms. The van der Waals surface area contributed by atoms with Crippen LogP contribution in [0.2, 0.25) is 0 Å². The Kier molecular flexibility index (Phi) is 5.67. The molecule has 1 atom stereocenters. The second kappa shape index (κ2) is 8.27. The van der Waals surface area contributed by atoms with Gasteiger partial charge in [0, 0.05) is 5.69 Å². The molecule has 1 unspecified atom stereocenters. The first kappa shape index (κ1) is 21.3. The molecule has 0 aliphatic carbocycles. The number of amides is 2. The van der Waals surface area contributed by atoms with E-state index in [0.29, 0.717) is 26.5 Å². The first-order valence-electron chi connectivity index (χ1n) is 9.53. The molecule has 4 rings (SSSR count). The molecule has 3 aromatic rings. The molecule has 0 saturated carbocycles. The van der Waals surface area contributed by atoms with Crippen molar-refractivity contribution in [2.45, 2.75) is 35.9 Å². The van der Waals surface area contributed by atoms with E-state index in [2.05, 4.69) is 20.8 Å². The number of para-hydroxylation sites is 2. The van der Waals surface area contributed by atoms with E-state index in [9.17, 15) is 14.0 Å². The molecule has 10 heteroatoms. The maximum Gasteiger partial charge on any atom is 0.250 e. The van der Waals surface area contributed by atoms with Gasteiger partial charge in [-0.3, -0.25) is 14.5 Å². The van der Waals surface area contributed by atoms with E-state index >= 15 is 0 Å². The minimum atomic E-state index is -1.03. The average Bonchev–Trinajstić information content (AvgIpc) is 3.17. The van der Waals surface area contributed by atoms with Gasteiger partial charge in [0.2, 0.25) is 16.9 Å². The van der Waals surface area contributed by atoms with Crippen molar-refractivity contribution in [2.24, 2.45) is 0 Å². The van der Waals surface area contributed by atoms with Gasteiger partial charge in [0.1, 0.15) is 11.4 Å². The van der Waals surface area contributed by atoms with Gasteiger partial charge in [-0.05, 0) is 57.2 Å². The molecule has 2 amide bonds. The molecule has 2 heterocycles. The molecule has 0 fully saturated rings. The van der Waals surface area contributed by atoms with Crippen LogP contribution in [0.3, 0.4) is 0 Å². The fraction of sp³-hybridized carbons (Fsp3) is 0.238. The molecular formula is C21H20FN5O2S2. The third-order valence-corrected chi connectivity index (χ3v) is 6.87. The third-order valence-electron chi connectivity index (χ3n) is 4.86. The van der Waals surface area contributed by atoms with Crippen LogP contribution >= 0.6 is 23.1 Å². The smallest absolute Gasteiger partial charge is 0.250 e. The summed E-state index contributed by atoms with van der Waals surface area (Å²) in [4.78, 5) is 27.5. The van der Waals surface area contributed by atoms with Crippen molar-refractivity contribution < 1.29 is 14.0 Å². The van der Waals surface area contributed by atoms with Gasteiger partial charge in [0.25, 0.3) is 0 Å². The summed E-state index contributed by atoms with van der Waals surface area (Å²) < 4.78 is 13.7. The number of hydrogen-bond donors (Lipinski definition) is 2. The molecule has 2 N–H and O–H groups in total. The Morgan fingerprint density at radius 1 is 1.19 bits per heavy atom. The fourth-order valence-corrected chi connectivity index (χ4v) is 5.15. The monoisotopic (exact) mass is 457 g/mol. The number of carbonyl (C=O) groups excluding carboxylic acids is 2. The third kappa shape index (κ3) is 4.26. The first-order chi connectivity index (χ1) is 14.8. The van der Waals surface area contributed by atoms with Crippen LogP contribution in [0.25, 0.3) is 0 Å². The van der Waals surface area contributed by atoms with Gasteiger partial charge in [-0.1, -0.05) is 35.2 Å². The van der Waals surface area contributed by atoms with Crippen molar-refractivity contribution in [1.82, 2.24) is 10.2 Å². The standard InChI is InChI=1S/C21H20FN5O2S2/c1-12(30-20-26-25-19(31-20)23-14-10-8-13(22)9-11-14)17(28)27-16-7-5-4-6-15(16)24-18(29)21(27,2)3/h4-12H,1-3H3,(H,23,25)(H,24,29). The van der Waals surface area contributed by atoms with Gasteiger partial charge in [0.15, 0.2) is 4.34 Å². The second-order valence-electron chi connectivity index (χ2n) is 7.47. The van der Waals surface area contributed by atoms with E-state index in [0.717, 1.165) is 0 Å². The molecule has 0 radical (unpaired) electrons. The number of halogens is 1. The van der Waals surface area contributed by atoms with Gasteiger partial charge < -0.3 is 10.6 Å². The predicted molar refractivity (Wildman–Crippen MR) is 122 cm³/mol. The van der Waals surface area contributed by atoms with E-state index in [4.69, 9.17) is 0 Å². The number of benzene rings is 2. The van der Waals surface area contributed by atoms with E-state index < -0.39 is 10.8 Å². The molecule has 0 spiro atoms. The topological polar surface area (TPSA) is 87.2 Å². The average molecular weight is 458 g/mol. The van der Waals surface area contributed by atoms with Crippen LogP contribution < -0.4 is 15.5 Å². The van der Waals surface area contributed by atoms with Crippen LogP contribution in [-0.4, -0.2) is 32.8 Å². The van der Waals surface area contributed by atoms with Gasteiger partial charge in [-0.25, -0.2) is 4.39 Å². The van der Waals surface area contributed by atoms with Crippen molar-refractivity contribution in [1.29, 1.82) is 0 Å². The molecule has 0 saturated heterocycles. The Bertz CT molecular complexity index is 1130. The van der Waals surface area contributed by atoms with Gasteiger partial charge in [-0.15, -0.1) is 10.2 Å². The largest absolute Gasteiger partial charge is 0.330 e. The number of hydrogen-bond acceptors (Lipinski definition) is 7. The SMILES string of the molecule is CC(Sc1nnc(Nc2ccc(F)cc2)s1)C(=O)N1c2ccccc2NC(=O)C1(C)C. The number of fused-ring (bicyclic) bond motifs is 1. The zero-order valence-corrected chi connectivity index (χ0v) is 18.7. The fourth-order valence-electron chi connectivity index (χ4n) is 3.19. The quantitative estimate of drug-likeness (QED) is 0.542. The van der Waals surface area contributed by atoms with Crippen LogP contribution in [0.5, 0.6) is 0 Å². The van der Waals surface area contributed by atoms with Crippen LogP contribution in [0, 0.1) is 5.82 Å². The van der Waals surface area contributed by atoms with Crippen molar-refractivity contribution in [3.63, 3.8) is 0 Å². The van der Waals surface area contributed by atoms with Crippen LogP contribution in [0.15, 0.2) is 52.9 Å². The van der Waals surface area contributed by atoms with E-state index in [1.807, 2.05) is 18.2 Å². The molecule has 0 bridgehead atoms. The Labute approximate surface area is 187 Å². The lowest BCUT2D eigenvalue weighted by Gasteiger charge is -2.42.